The van der Waals surface area contributed by atoms with Crippen molar-refractivity contribution in [3.8, 4) is 0 Å². The van der Waals surface area contributed by atoms with E-state index in [2.05, 4.69) is 0 Å². The molecule has 0 aromatic rings. The van der Waals surface area contributed by atoms with Crippen molar-refractivity contribution in [3.63, 3.8) is 0 Å². The second kappa shape index (κ2) is 4.59. The Labute approximate surface area is 84.3 Å². The van der Waals surface area contributed by atoms with E-state index in [0.29, 0.717) is 12.3 Å². The van der Waals surface area contributed by atoms with Gasteiger partial charge < -0.3 is 19.9 Å². The molecule has 4 heteroatoms. The van der Waals surface area contributed by atoms with Crippen LogP contribution in [-0.4, -0.2) is 32.7 Å². The van der Waals surface area contributed by atoms with Gasteiger partial charge in [0.15, 0.2) is 0 Å². The monoisotopic (exact) mass is 199 g/mol. The molecule has 0 saturated carbocycles. The van der Waals surface area contributed by atoms with Crippen LogP contribution in [0.15, 0.2) is 23.9 Å². The van der Waals surface area contributed by atoms with E-state index in [9.17, 15) is 0 Å². The van der Waals surface area contributed by atoms with Crippen LogP contribution in [0, 0.1) is 0 Å². The first-order chi connectivity index (χ1) is 6.68. The molecule has 0 spiro atoms. The number of methoxy groups -OCH3 is 2. The van der Waals surface area contributed by atoms with Crippen LogP contribution in [0.2, 0.25) is 0 Å². The SMILES string of the molecule is CCOC1(OC)C=CC(N)=CC1OC. The number of rotatable bonds is 4. The molecule has 0 amide bonds. The van der Waals surface area contributed by atoms with E-state index in [0.717, 1.165) is 0 Å². The van der Waals surface area contributed by atoms with Crippen molar-refractivity contribution >= 4 is 0 Å². The summed E-state index contributed by atoms with van der Waals surface area (Å²) in [6.45, 7) is 2.45. The predicted octanol–water partition coefficient (Wildman–Crippen LogP) is 0.793. The molecule has 14 heavy (non-hydrogen) atoms. The van der Waals surface area contributed by atoms with Gasteiger partial charge in [0.05, 0.1) is 0 Å². The first kappa shape index (κ1) is 11.2. The van der Waals surface area contributed by atoms with E-state index in [4.69, 9.17) is 19.9 Å². The van der Waals surface area contributed by atoms with Crippen molar-refractivity contribution < 1.29 is 14.2 Å². The summed E-state index contributed by atoms with van der Waals surface area (Å²) >= 11 is 0. The van der Waals surface area contributed by atoms with Gasteiger partial charge in [-0.15, -0.1) is 0 Å². The third-order valence-electron chi connectivity index (χ3n) is 2.19. The van der Waals surface area contributed by atoms with Gasteiger partial charge in [-0.05, 0) is 25.2 Å². The lowest BCUT2D eigenvalue weighted by atomic mass is 10.0. The van der Waals surface area contributed by atoms with Gasteiger partial charge in [0.2, 0.25) is 5.79 Å². The van der Waals surface area contributed by atoms with E-state index in [1.54, 1.807) is 32.4 Å². The molecule has 1 rings (SSSR count). The summed E-state index contributed by atoms with van der Waals surface area (Å²) in [6.07, 6.45) is 5.01. The van der Waals surface area contributed by atoms with E-state index in [1.807, 2.05) is 6.92 Å². The van der Waals surface area contributed by atoms with Crippen molar-refractivity contribution in [1.82, 2.24) is 0 Å². The minimum atomic E-state index is -0.841. The van der Waals surface area contributed by atoms with Crippen LogP contribution in [0.5, 0.6) is 0 Å². The Kier molecular flexibility index (Phi) is 3.69. The van der Waals surface area contributed by atoms with Crippen molar-refractivity contribution in [3.05, 3.63) is 23.9 Å². The van der Waals surface area contributed by atoms with Gasteiger partial charge in [0.25, 0.3) is 0 Å². The highest BCUT2D eigenvalue weighted by Gasteiger charge is 2.38. The molecule has 80 valence electrons. The molecule has 0 aromatic carbocycles. The average molecular weight is 199 g/mol. The van der Waals surface area contributed by atoms with Crippen LogP contribution >= 0.6 is 0 Å². The minimum Gasteiger partial charge on any atom is -0.399 e. The molecule has 0 radical (unpaired) electrons. The summed E-state index contributed by atoms with van der Waals surface area (Å²) in [5.74, 6) is -0.841. The van der Waals surface area contributed by atoms with Crippen LogP contribution in [0.3, 0.4) is 0 Å². The highest BCUT2D eigenvalue weighted by Crippen LogP contribution is 2.27. The largest absolute Gasteiger partial charge is 0.399 e. The molecule has 2 atom stereocenters. The second-order valence-electron chi connectivity index (χ2n) is 3.01. The molecule has 1 aliphatic carbocycles. The zero-order valence-electron chi connectivity index (χ0n) is 8.82. The van der Waals surface area contributed by atoms with Crippen molar-refractivity contribution in [2.45, 2.75) is 18.8 Å². The Hall–Kier alpha value is -0.840. The van der Waals surface area contributed by atoms with Gasteiger partial charge >= 0.3 is 0 Å². The predicted molar refractivity (Wildman–Crippen MR) is 53.6 cm³/mol. The minimum absolute atomic E-state index is 0.308. The van der Waals surface area contributed by atoms with Gasteiger partial charge in [0.1, 0.15) is 6.10 Å². The zero-order chi connectivity index (χ0) is 10.6. The summed E-state index contributed by atoms with van der Waals surface area (Å²) in [7, 11) is 3.18. The Morgan fingerprint density at radius 1 is 1.50 bits per heavy atom. The van der Waals surface area contributed by atoms with Gasteiger partial charge in [-0.2, -0.15) is 0 Å². The molecule has 2 unspecified atom stereocenters. The molecular formula is C10H17NO3. The number of allylic oxidation sites excluding steroid dienone is 1. The fourth-order valence-electron chi connectivity index (χ4n) is 1.48. The van der Waals surface area contributed by atoms with E-state index >= 15 is 0 Å². The van der Waals surface area contributed by atoms with Crippen LogP contribution < -0.4 is 5.73 Å². The first-order valence-electron chi connectivity index (χ1n) is 4.57. The fraction of sp³-hybridized carbons (Fsp3) is 0.600. The zero-order valence-corrected chi connectivity index (χ0v) is 8.82. The van der Waals surface area contributed by atoms with E-state index in [1.165, 1.54) is 0 Å². The molecule has 0 aromatic heterocycles. The molecule has 0 heterocycles. The van der Waals surface area contributed by atoms with Crippen LogP contribution in [0.25, 0.3) is 0 Å². The summed E-state index contributed by atoms with van der Waals surface area (Å²) in [6, 6.07) is 0. The van der Waals surface area contributed by atoms with Gasteiger partial charge in [0, 0.05) is 26.5 Å². The number of hydrogen-bond acceptors (Lipinski definition) is 4. The average Bonchev–Trinajstić information content (AvgIpc) is 2.21. The number of hydrogen-bond donors (Lipinski definition) is 1. The Morgan fingerprint density at radius 2 is 2.21 bits per heavy atom. The molecule has 2 N–H and O–H groups in total. The van der Waals surface area contributed by atoms with Gasteiger partial charge in [-0.1, -0.05) is 0 Å². The maximum atomic E-state index is 5.66. The lowest BCUT2D eigenvalue weighted by Crippen LogP contribution is -2.47. The second-order valence-corrected chi connectivity index (χ2v) is 3.01. The molecule has 0 bridgehead atoms. The fourth-order valence-corrected chi connectivity index (χ4v) is 1.48. The smallest absolute Gasteiger partial charge is 0.218 e. The van der Waals surface area contributed by atoms with Crippen molar-refractivity contribution in [2.75, 3.05) is 20.8 Å². The van der Waals surface area contributed by atoms with Gasteiger partial charge in [-0.3, -0.25) is 0 Å². The summed E-state index contributed by atoms with van der Waals surface area (Å²) in [4.78, 5) is 0. The Morgan fingerprint density at radius 3 is 2.71 bits per heavy atom. The Balaban J connectivity index is 2.90. The van der Waals surface area contributed by atoms with Crippen LogP contribution in [-0.2, 0) is 14.2 Å². The highest BCUT2D eigenvalue weighted by molar-refractivity contribution is 5.27. The third-order valence-corrected chi connectivity index (χ3v) is 2.19. The molecule has 0 fully saturated rings. The van der Waals surface area contributed by atoms with Crippen LogP contribution in [0.1, 0.15) is 6.92 Å². The molecule has 4 nitrogen and oxygen atoms in total. The summed E-state index contributed by atoms with van der Waals surface area (Å²) in [5.41, 5.74) is 6.31. The topological polar surface area (TPSA) is 53.7 Å². The maximum absolute atomic E-state index is 5.66. The quantitative estimate of drug-likeness (QED) is 0.680. The molecule has 0 saturated heterocycles. The number of nitrogens with two attached hydrogens (primary N) is 1. The van der Waals surface area contributed by atoms with Crippen molar-refractivity contribution in [2.24, 2.45) is 5.73 Å². The Bertz CT molecular complexity index is 250. The number of ether oxygens (including phenoxy) is 3. The molecular weight excluding hydrogens is 182 g/mol. The van der Waals surface area contributed by atoms with Gasteiger partial charge in [-0.25, -0.2) is 0 Å². The van der Waals surface area contributed by atoms with E-state index < -0.39 is 5.79 Å². The summed E-state index contributed by atoms with van der Waals surface area (Å²) in [5, 5.41) is 0. The molecule has 1 aliphatic rings. The maximum Gasteiger partial charge on any atom is 0.218 e. The van der Waals surface area contributed by atoms with Crippen LogP contribution in [0.4, 0.5) is 0 Å². The van der Waals surface area contributed by atoms with E-state index in [-0.39, 0.29) is 6.10 Å². The lowest BCUT2D eigenvalue weighted by molar-refractivity contribution is -0.232. The lowest BCUT2D eigenvalue weighted by Gasteiger charge is -2.36. The normalized spacial score (nSPS) is 31.6. The molecule has 0 aliphatic heterocycles. The standard InChI is InChI=1S/C10H17NO3/c1-4-14-10(13-3)6-5-8(11)7-9(10)12-2/h5-7,9H,4,11H2,1-3H3. The van der Waals surface area contributed by atoms with Crippen molar-refractivity contribution in [1.29, 1.82) is 0 Å². The first-order valence-corrected chi connectivity index (χ1v) is 4.57. The summed E-state index contributed by atoms with van der Waals surface area (Å²) < 4.78 is 16.1. The highest BCUT2D eigenvalue weighted by atomic mass is 16.7. The third kappa shape index (κ3) is 1.97.